The maximum atomic E-state index is 3.30. The first-order chi connectivity index (χ1) is 6.38. The fourth-order valence-electron chi connectivity index (χ4n) is 1.63. The van der Waals surface area contributed by atoms with Gasteiger partial charge < -0.3 is 5.32 Å². The zero-order valence-corrected chi connectivity index (χ0v) is 8.73. The van der Waals surface area contributed by atoms with E-state index in [0.29, 0.717) is 0 Å². The molecule has 0 atom stereocenters. The van der Waals surface area contributed by atoms with E-state index in [1.54, 1.807) is 0 Å². The summed E-state index contributed by atoms with van der Waals surface area (Å²) in [4.78, 5) is 1.38. The smallest absolute Gasteiger partial charge is 0.00718 e. The lowest BCUT2D eigenvalue weighted by Gasteiger charge is -2.27. The van der Waals surface area contributed by atoms with E-state index in [1.807, 2.05) is 11.8 Å². The molecular formula is C11H15NS. The van der Waals surface area contributed by atoms with Crippen molar-refractivity contribution in [3.63, 3.8) is 0 Å². The van der Waals surface area contributed by atoms with Crippen LogP contribution >= 0.6 is 11.8 Å². The molecule has 0 bridgehead atoms. The summed E-state index contributed by atoms with van der Waals surface area (Å²) < 4.78 is 0. The van der Waals surface area contributed by atoms with Crippen LogP contribution < -0.4 is 5.32 Å². The van der Waals surface area contributed by atoms with Crippen molar-refractivity contribution in [1.82, 2.24) is 5.32 Å². The van der Waals surface area contributed by atoms with Gasteiger partial charge in [0.2, 0.25) is 0 Å². The lowest BCUT2D eigenvalue weighted by molar-refractivity contribution is 0.346. The second kappa shape index (κ2) is 4.16. The van der Waals surface area contributed by atoms with Crippen molar-refractivity contribution >= 4 is 11.8 Å². The van der Waals surface area contributed by atoms with Gasteiger partial charge in [0, 0.05) is 4.90 Å². The van der Waals surface area contributed by atoms with Crippen molar-refractivity contribution in [2.75, 3.05) is 19.3 Å². The van der Waals surface area contributed by atoms with Crippen LogP contribution in [0.1, 0.15) is 5.56 Å². The Hall–Kier alpha value is -0.470. The Kier molecular flexibility index (Phi) is 2.91. The zero-order chi connectivity index (χ0) is 9.10. The maximum absolute atomic E-state index is 3.30. The highest BCUT2D eigenvalue weighted by molar-refractivity contribution is 7.98. The van der Waals surface area contributed by atoms with Gasteiger partial charge in [-0.05, 0) is 49.4 Å². The highest BCUT2D eigenvalue weighted by Gasteiger charge is 2.16. The van der Waals surface area contributed by atoms with Crippen molar-refractivity contribution in [3.05, 3.63) is 29.8 Å². The van der Waals surface area contributed by atoms with Crippen LogP contribution in [0.5, 0.6) is 0 Å². The Morgan fingerprint density at radius 2 is 2.31 bits per heavy atom. The molecule has 1 nitrogen and oxygen atoms in total. The molecule has 2 heteroatoms. The van der Waals surface area contributed by atoms with E-state index in [1.165, 1.54) is 30.0 Å². The summed E-state index contributed by atoms with van der Waals surface area (Å²) >= 11 is 1.82. The minimum atomic E-state index is 0.872. The van der Waals surface area contributed by atoms with E-state index >= 15 is 0 Å². The molecule has 0 aliphatic carbocycles. The first-order valence-corrected chi connectivity index (χ1v) is 5.94. The summed E-state index contributed by atoms with van der Waals surface area (Å²) in [6.45, 7) is 2.40. The largest absolute Gasteiger partial charge is 0.316 e. The molecule has 0 unspecified atom stereocenters. The van der Waals surface area contributed by atoms with Gasteiger partial charge in [-0.1, -0.05) is 12.1 Å². The number of rotatable bonds is 3. The average molecular weight is 193 g/mol. The van der Waals surface area contributed by atoms with Crippen LogP contribution in [-0.2, 0) is 6.42 Å². The number of benzene rings is 1. The molecule has 1 aliphatic heterocycles. The standard InChI is InChI=1S/C11H15NS/c1-13-11-4-2-3-9(6-11)5-10-7-12-8-10/h2-4,6,10,12H,5,7-8H2,1H3. The van der Waals surface area contributed by atoms with Gasteiger partial charge in [-0.25, -0.2) is 0 Å². The van der Waals surface area contributed by atoms with E-state index in [0.717, 1.165) is 5.92 Å². The van der Waals surface area contributed by atoms with Gasteiger partial charge in [0.05, 0.1) is 0 Å². The normalized spacial score (nSPS) is 17.0. The Bertz CT molecular complexity index is 281. The minimum Gasteiger partial charge on any atom is -0.316 e. The molecule has 1 saturated heterocycles. The first-order valence-electron chi connectivity index (χ1n) is 4.72. The number of hydrogen-bond acceptors (Lipinski definition) is 2. The number of hydrogen-bond donors (Lipinski definition) is 1. The summed E-state index contributed by atoms with van der Waals surface area (Å²) in [7, 11) is 0. The molecule has 1 aliphatic rings. The summed E-state index contributed by atoms with van der Waals surface area (Å²) in [6.07, 6.45) is 3.37. The highest BCUT2D eigenvalue weighted by Crippen LogP contribution is 2.19. The molecule has 0 radical (unpaired) electrons. The molecule has 13 heavy (non-hydrogen) atoms. The third kappa shape index (κ3) is 2.26. The van der Waals surface area contributed by atoms with Crippen LogP contribution in [0.15, 0.2) is 29.2 Å². The predicted molar refractivity (Wildman–Crippen MR) is 58.3 cm³/mol. The van der Waals surface area contributed by atoms with Crippen LogP contribution in [0.3, 0.4) is 0 Å². The van der Waals surface area contributed by atoms with Gasteiger partial charge >= 0.3 is 0 Å². The van der Waals surface area contributed by atoms with Crippen molar-refractivity contribution in [1.29, 1.82) is 0 Å². The minimum absolute atomic E-state index is 0.872. The van der Waals surface area contributed by atoms with Crippen LogP contribution in [0.2, 0.25) is 0 Å². The Labute approximate surface area is 83.9 Å². The van der Waals surface area contributed by atoms with Crippen molar-refractivity contribution < 1.29 is 0 Å². The fraction of sp³-hybridized carbons (Fsp3) is 0.455. The van der Waals surface area contributed by atoms with Gasteiger partial charge in [-0.3, -0.25) is 0 Å². The zero-order valence-electron chi connectivity index (χ0n) is 7.92. The van der Waals surface area contributed by atoms with Crippen molar-refractivity contribution in [3.8, 4) is 0 Å². The lowest BCUT2D eigenvalue weighted by Crippen LogP contribution is -2.43. The molecule has 1 N–H and O–H groups in total. The van der Waals surface area contributed by atoms with E-state index in [2.05, 4.69) is 35.8 Å². The molecule has 1 aromatic rings. The molecule has 0 saturated carbocycles. The summed E-state index contributed by atoms with van der Waals surface area (Å²) in [5.74, 6) is 0.872. The van der Waals surface area contributed by atoms with Crippen LogP contribution in [-0.4, -0.2) is 19.3 Å². The van der Waals surface area contributed by atoms with Gasteiger partial charge in [0.15, 0.2) is 0 Å². The van der Waals surface area contributed by atoms with Crippen molar-refractivity contribution in [2.45, 2.75) is 11.3 Å². The third-order valence-corrected chi connectivity index (χ3v) is 3.25. The topological polar surface area (TPSA) is 12.0 Å². The van der Waals surface area contributed by atoms with Crippen molar-refractivity contribution in [2.24, 2.45) is 5.92 Å². The molecule has 0 amide bonds. The molecule has 1 aromatic carbocycles. The van der Waals surface area contributed by atoms with Crippen LogP contribution in [0.4, 0.5) is 0 Å². The monoisotopic (exact) mass is 193 g/mol. The van der Waals surface area contributed by atoms with Gasteiger partial charge in [0.25, 0.3) is 0 Å². The van der Waals surface area contributed by atoms with E-state index in [9.17, 15) is 0 Å². The third-order valence-electron chi connectivity index (χ3n) is 2.52. The second-order valence-corrected chi connectivity index (χ2v) is 4.46. The highest BCUT2D eigenvalue weighted by atomic mass is 32.2. The second-order valence-electron chi connectivity index (χ2n) is 3.58. The molecule has 1 heterocycles. The molecule has 2 rings (SSSR count). The predicted octanol–water partition coefficient (Wildman–Crippen LogP) is 2.17. The SMILES string of the molecule is CSc1cccc(CC2CNC2)c1. The summed E-state index contributed by atoms with van der Waals surface area (Å²) in [5.41, 5.74) is 1.48. The van der Waals surface area contributed by atoms with E-state index in [4.69, 9.17) is 0 Å². The Morgan fingerprint density at radius 1 is 1.46 bits per heavy atom. The summed E-state index contributed by atoms with van der Waals surface area (Å²) in [5, 5.41) is 3.30. The van der Waals surface area contributed by atoms with Crippen LogP contribution in [0.25, 0.3) is 0 Å². The molecular weight excluding hydrogens is 178 g/mol. The van der Waals surface area contributed by atoms with E-state index in [-0.39, 0.29) is 0 Å². The van der Waals surface area contributed by atoms with Gasteiger partial charge in [-0.15, -0.1) is 11.8 Å². The Morgan fingerprint density at radius 3 is 2.92 bits per heavy atom. The summed E-state index contributed by atoms with van der Waals surface area (Å²) in [6, 6.07) is 8.88. The fourth-order valence-corrected chi connectivity index (χ4v) is 2.11. The first kappa shape index (κ1) is 9.10. The van der Waals surface area contributed by atoms with Gasteiger partial charge in [0.1, 0.15) is 0 Å². The number of nitrogens with one attached hydrogen (secondary N) is 1. The average Bonchev–Trinajstić information content (AvgIpc) is 2.12. The Balaban J connectivity index is 2.01. The molecule has 1 fully saturated rings. The molecule has 0 aromatic heterocycles. The van der Waals surface area contributed by atoms with E-state index < -0.39 is 0 Å². The van der Waals surface area contributed by atoms with Gasteiger partial charge in [-0.2, -0.15) is 0 Å². The molecule has 70 valence electrons. The molecule has 0 spiro atoms. The van der Waals surface area contributed by atoms with Crippen LogP contribution in [0, 0.1) is 5.92 Å². The quantitative estimate of drug-likeness (QED) is 0.738. The number of thioether (sulfide) groups is 1. The lowest BCUT2D eigenvalue weighted by atomic mass is 9.94. The maximum Gasteiger partial charge on any atom is 0.00718 e.